The molecule has 0 heterocycles. The number of hydrogen-bond acceptors (Lipinski definition) is 3. The van der Waals surface area contributed by atoms with E-state index in [1.54, 1.807) is 0 Å². The summed E-state index contributed by atoms with van der Waals surface area (Å²) in [7, 11) is 0. The van der Waals surface area contributed by atoms with Crippen LogP contribution in [0.2, 0.25) is 0 Å². The van der Waals surface area contributed by atoms with Crippen LogP contribution in [0.1, 0.15) is 18.4 Å². The number of unbranched alkanes of at least 4 members (excludes halogenated alkanes) is 1. The number of ether oxygens (including phenoxy) is 1. The lowest BCUT2D eigenvalue weighted by molar-refractivity contribution is 0.194. The average Bonchev–Trinajstić information content (AvgIpc) is 2.37. The Bertz CT molecular complexity index is 352. The Morgan fingerprint density at radius 3 is 2.61 bits per heavy atom. The van der Waals surface area contributed by atoms with Crippen molar-refractivity contribution in [3.63, 3.8) is 0 Å². The number of nitrogens with one attached hydrogen (secondary N) is 1. The Balaban J connectivity index is 2.20. The fraction of sp³-hybridized carbons (Fsp3) is 0.462. The maximum absolute atomic E-state index is 10.2. The van der Waals surface area contributed by atoms with E-state index in [-0.39, 0.29) is 0 Å². The molecule has 5 heteroatoms. The first kappa shape index (κ1) is 14.3. The van der Waals surface area contributed by atoms with Crippen molar-refractivity contribution >= 4 is 6.09 Å². The molecule has 1 aromatic rings. The SMILES string of the molecule is NCCOc1ccc(CCCCNC(=O)O)cc1. The van der Waals surface area contributed by atoms with E-state index in [1.807, 2.05) is 24.3 Å². The van der Waals surface area contributed by atoms with Crippen molar-refractivity contribution in [3.8, 4) is 5.75 Å². The van der Waals surface area contributed by atoms with Crippen LogP contribution in [0.4, 0.5) is 4.79 Å². The van der Waals surface area contributed by atoms with Crippen LogP contribution < -0.4 is 15.8 Å². The molecule has 0 radical (unpaired) electrons. The van der Waals surface area contributed by atoms with Crippen LogP contribution in [0, 0.1) is 0 Å². The molecule has 0 aliphatic rings. The minimum atomic E-state index is -0.962. The summed E-state index contributed by atoms with van der Waals surface area (Å²) in [4.78, 5) is 10.2. The highest BCUT2D eigenvalue weighted by atomic mass is 16.5. The average molecular weight is 252 g/mol. The highest BCUT2D eigenvalue weighted by molar-refractivity contribution is 5.64. The van der Waals surface area contributed by atoms with Gasteiger partial charge in [0, 0.05) is 13.1 Å². The summed E-state index contributed by atoms with van der Waals surface area (Å²) in [6, 6.07) is 7.91. The van der Waals surface area contributed by atoms with Gasteiger partial charge in [-0.05, 0) is 37.0 Å². The summed E-state index contributed by atoms with van der Waals surface area (Å²) in [6.45, 7) is 1.55. The van der Waals surface area contributed by atoms with E-state index >= 15 is 0 Å². The minimum absolute atomic E-state index is 0.507. The van der Waals surface area contributed by atoms with Crippen LogP contribution in [0.15, 0.2) is 24.3 Å². The van der Waals surface area contributed by atoms with E-state index in [0.717, 1.165) is 25.0 Å². The van der Waals surface area contributed by atoms with Crippen molar-refractivity contribution in [2.75, 3.05) is 19.7 Å². The molecule has 100 valence electrons. The van der Waals surface area contributed by atoms with Gasteiger partial charge in [-0.3, -0.25) is 0 Å². The molecule has 0 saturated heterocycles. The third kappa shape index (κ3) is 6.10. The van der Waals surface area contributed by atoms with Gasteiger partial charge in [0.25, 0.3) is 0 Å². The number of nitrogens with two attached hydrogens (primary N) is 1. The van der Waals surface area contributed by atoms with Crippen LogP contribution in [0.5, 0.6) is 5.75 Å². The first-order valence-electron chi connectivity index (χ1n) is 6.11. The summed E-state index contributed by atoms with van der Waals surface area (Å²) in [5.74, 6) is 0.830. The zero-order chi connectivity index (χ0) is 13.2. The second-order valence-electron chi connectivity index (χ2n) is 3.97. The van der Waals surface area contributed by atoms with Crippen molar-refractivity contribution < 1.29 is 14.6 Å². The molecule has 5 nitrogen and oxygen atoms in total. The van der Waals surface area contributed by atoms with Crippen molar-refractivity contribution in [3.05, 3.63) is 29.8 Å². The van der Waals surface area contributed by atoms with E-state index in [2.05, 4.69) is 5.32 Å². The first-order valence-corrected chi connectivity index (χ1v) is 6.11. The van der Waals surface area contributed by atoms with Crippen molar-refractivity contribution in [2.45, 2.75) is 19.3 Å². The molecular formula is C13H20N2O3. The van der Waals surface area contributed by atoms with Crippen molar-refractivity contribution in [1.82, 2.24) is 5.32 Å². The van der Waals surface area contributed by atoms with Crippen LogP contribution in [-0.2, 0) is 6.42 Å². The maximum Gasteiger partial charge on any atom is 0.404 e. The quantitative estimate of drug-likeness (QED) is 0.614. The lowest BCUT2D eigenvalue weighted by Crippen LogP contribution is -2.21. The van der Waals surface area contributed by atoms with Gasteiger partial charge in [-0.2, -0.15) is 0 Å². The van der Waals surface area contributed by atoms with E-state index in [1.165, 1.54) is 5.56 Å². The Labute approximate surface area is 107 Å². The summed E-state index contributed by atoms with van der Waals surface area (Å²) in [5, 5.41) is 10.7. The molecule has 0 aliphatic heterocycles. The molecule has 0 unspecified atom stereocenters. The third-order valence-electron chi connectivity index (χ3n) is 2.48. The van der Waals surface area contributed by atoms with E-state index in [0.29, 0.717) is 19.7 Å². The van der Waals surface area contributed by atoms with Gasteiger partial charge in [0.05, 0.1) is 0 Å². The number of hydrogen-bond donors (Lipinski definition) is 3. The monoisotopic (exact) mass is 252 g/mol. The highest BCUT2D eigenvalue weighted by Crippen LogP contribution is 2.13. The van der Waals surface area contributed by atoms with Gasteiger partial charge in [-0.15, -0.1) is 0 Å². The predicted octanol–water partition coefficient (Wildman–Crippen LogP) is 1.61. The van der Waals surface area contributed by atoms with Gasteiger partial charge >= 0.3 is 6.09 Å². The maximum atomic E-state index is 10.2. The molecule has 1 aromatic carbocycles. The predicted molar refractivity (Wildman–Crippen MR) is 70.0 cm³/mol. The standard InChI is InChI=1S/C13H20N2O3/c14-8-10-18-12-6-4-11(5-7-12)3-1-2-9-15-13(16)17/h4-7,15H,1-3,8-10,14H2,(H,16,17). The van der Waals surface area contributed by atoms with Crippen molar-refractivity contribution in [2.24, 2.45) is 5.73 Å². The largest absolute Gasteiger partial charge is 0.492 e. The molecule has 0 aromatic heterocycles. The molecule has 0 saturated carbocycles. The number of benzene rings is 1. The molecular weight excluding hydrogens is 232 g/mol. The smallest absolute Gasteiger partial charge is 0.404 e. The summed E-state index contributed by atoms with van der Waals surface area (Å²) < 4.78 is 5.38. The lowest BCUT2D eigenvalue weighted by atomic mass is 10.1. The fourth-order valence-electron chi connectivity index (χ4n) is 1.58. The van der Waals surface area contributed by atoms with Crippen molar-refractivity contribution in [1.29, 1.82) is 0 Å². The van der Waals surface area contributed by atoms with Gasteiger partial charge < -0.3 is 20.9 Å². The Kier molecular flexibility index (Phi) is 6.64. The van der Waals surface area contributed by atoms with Crippen LogP contribution >= 0.6 is 0 Å². The van der Waals surface area contributed by atoms with Gasteiger partial charge in [0.15, 0.2) is 0 Å². The molecule has 0 atom stereocenters. The zero-order valence-electron chi connectivity index (χ0n) is 10.4. The third-order valence-corrected chi connectivity index (χ3v) is 2.48. The number of carbonyl (C=O) groups is 1. The second kappa shape index (κ2) is 8.36. The number of rotatable bonds is 8. The number of aryl methyl sites for hydroxylation is 1. The van der Waals surface area contributed by atoms with Gasteiger partial charge in [0.1, 0.15) is 12.4 Å². The lowest BCUT2D eigenvalue weighted by Gasteiger charge is -2.06. The summed E-state index contributed by atoms with van der Waals surface area (Å²) >= 11 is 0. The normalized spacial score (nSPS) is 10.1. The van der Waals surface area contributed by atoms with Gasteiger partial charge in [-0.25, -0.2) is 4.79 Å². The van der Waals surface area contributed by atoms with Gasteiger partial charge in [0.2, 0.25) is 0 Å². The molecule has 18 heavy (non-hydrogen) atoms. The number of carboxylic acid groups (broad SMARTS) is 1. The summed E-state index contributed by atoms with van der Waals surface area (Å²) in [5.41, 5.74) is 6.58. The van der Waals surface area contributed by atoms with Crippen LogP contribution in [-0.4, -0.2) is 30.9 Å². The Hall–Kier alpha value is -1.75. The highest BCUT2D eigenvalue weighted by Gasteiger charge is 1.97. The molecule has 1 amide bonds. The van der Waals surface area contributed by atoms with E-state index < -0.39 is 6.09 Å². The first-order chi connectivity index (χ1) is 8.72. The Morgan fingerprint density at radius 1 is 1.28 bits per heavy atom. The second-order valence-corrected chi connectivity index (χ2v) is 3.97. The minimum Gasteiger partial charge on any atom is -0.492 e. The number of amides is 1. The topological polar surface area (TPSA) is 84.6 Å². The zero-order valence-corrected chi connectivity index (χ0v) is 10.4. The van der Waals surface area contributed by atoms with Crippen LogP contribution in [0.25, 0.3) is 0 Å². The Morgan fingerprint density at radius 2 is 2.00 bits per heavy atom. The van der Waals surface area contributed by atoms with E-state index in [4.69, 9.17) is 15.6 Å². The molecule has 1 rings (SSSR count). The molecule has 0 spiro atoms. The molecule has 0 bridgehead atoms. The molecule has 0 aliphatic carbocycles. The summed E-state index contributed by atoms with van der Waals surface area (Å²) in [6.07, 6.45) is 1.79. The van der Waals surface area contributed by atoms with E-state index in [9.17, 15) is 4.79 Å². The van der Waals surface area contributed by atoms with Gasteiger partial charge in [-0.1, -0.05) is 12.1 Å². The fourth-order valence-corrected chi connectivity index (χ4v) is 1.58. The van der Waals surface area contributed by atoms with Crippen LogP contribution in [0.3, 0.4) is 0 Å². The molecule has 0 fully saturated rings. The molecule has 4 N–H and O–H groups in total.